The van der Waals surface area contributed by atoms with Gasteiger partial charge in [-0.15, -0.1) is 0 Å². The van der Waals surface area contributed by atoms with E-state index < -0.39 is 6.10 Å². The average Bonchev–Trinajstić information content (AvgIpc) is 2.46. The highest BCUT2D eigenvalue weighted by Crippen LogP contribution is 2.43. The van der Waals surface area contributed by atoms with E-state index in [0.29, 0.717) is 42.3 Å². The smallest absolute Gasteiger partial charge is 0.268 e. The molecule has 1 atom stereocenters. The summed E-state index contributed by atoms with van der Waals surface area (Å²) >= 11 is 0. The number of likely N-dealkylation sites (N-methyl/N-ethyl adjacent to an activating group) is 1. The number of benzene rings is 1. The van der Waals surface area contributed by atoms with Crippen LogP contribution in [-0.2, 0) is 4.79 Å². The van der Waals surface area contributed by atoms with Crippen molar-refractivity contribution >= 4 is 17.9 Å². The number of hydrogen-bond donors (Lipinski definition) is 0. The third-order valence-corrected chi connectivity index (χ3v) is 3.27. The molecule has 0 bridgehead atoms. The fourth-order valence-electron chi connectivity index (χ4n) is 2.33. The van der Waals surface area contributed by atoms with E-state index in [9.17, 15) is 9.59 Å². The Morgan fingerprint density at radius 2 is 2.10 bits per heavy atom. The Bertz CT molecular complexity index is 527. The van der Waals surface area contributed by atoms with Crippen molar-refractivity contribution in [3.8, 4) is 11.5 Å². The average molecular weight is 277 g/mol. The summed E-state index contributed by atoms with van der Waals surface area (Å²) in [5.41, 5.74) is 1.08. The predicted molar refractivity (Wildman–Crippen MR) is 75.7 cm³/mol. The lowest BCUT2D eigenvalue weighted by molar-refractivity contribution is -0.126. The molecule has 5 heteroatoms. The zero-order chi connectivity index (χ0) is 14.7. The molecule has 1 aliphatic heterocycles. The van der Waals surface area contributed by atoms with Crippen LogP contribution in [0.15, 0.2) is 12.1 Å². The lowest BCUT2D eigenvalue weighted by Crippen LogP contribution is -2.45. The molecule has 1 unspecified atom stereocenters. The van der Waals surface area contributed by atoms with Crippen LogP contribution in [0.1, 0.15) is 37.6 Å². The largest absolute Gasteiger partial charge is 0.490 e. The van der Waals surface area contributed by atoms with Crippen molar-refractivity contribution < 1.29 is 19.1 Å². The highest BCUT2D eigenvalue weighted by Gasteiger charge is 2.34. The number of nitrogens with zero attached hydrogens (tertiary/aromatic N) is 1. The summed E-state index contributed by atoms with van der Waals surface area (Å²) in [6.07, 6.45) is 0.840. The Hall–Kier alpha value is -2.04. The number of carbonyl (C=O) groups excluding carboxylic acids is 2. The van der Waals surface area contributed by atoms with E-state index in [1.54, 1.807) is 17.0 Å². The first kappa shape index (κ1) is 14.4. The van der Waals surface area contributed by atoms with Crippen molar-refractivity contribution in [2.75, 3.05) is 18.1 Å². The molecule has 20 heavy (non-hydrogen) atoms. The van der Waals surface area contributed by atoms with Gasteiger partial charge in [-0.3, -0.25) is 9.59 Å². The van der Waals surface area contributed by atoms with Gasteiger partial charge in [-0.2, -0.15) is 0 Å². The van der Waals surface area contributed by atoms with Crippen molar-refractivity contribution in [2.24, 2.45) is 0 Å². The molecule has 0 fully saturated rings. The molecule has 1 amide bonds. The van der Waals surface area contributed by atoms with E-state index in [2.05, 4.69) is 0 Å². The number of rotatable bonds is 5. The van der Waals surface area contributed by atoms with Crippen LogP contribution >= 0.6 is 0 Å². The molecule has 0 spiro atoms. The Kier molecular flexibility index (Phi) is 4.27. The second-order valence-corrected chi connectivity index (χ2v) is 4.52. The number of ether oxygens (including phenoxy) is 2. The fourth-order valence-corrected chi connectivity index (χ4v) is 2.33. The van der Waals surface area contributed by atoms with Crippen LogP contribution in [-0.4, -0.2) is 31.4 Å². The maximum absolute atomic E-state index is 12.3. The second kappa shape index (κ2) is 5.94. The molecule has 0 N–H and O–H groups in total. The molecule has 0 saturated heterocycles. The Morgan fingerprint density at radius 1 is 1.35 bits per heavy atom. The van der Waals surface area contributed by atoms with Crippen molar-refractivity contribution in [1.82, 2.24) is 0 Å². The summed E-state index contributed by atoms with van der Waals surface area (Å²) in [7, 11) is 0. The monoisotopic (exact) mass is 277 g/mol. The van der Waals surface area contributed by atoms with Gasteiger partial charge < -0.3 is 14.4 Å². The van der Waals surface area contributed by atoms with Crippen LogP contribution in [0.25, 0.3) is 0 Å². The van der Waals surface area contributed by atoms with Gasteiger partial charge in [-0.05, 0) is 32.4 Å². The van der Waals surface area contributed by atoms with Crippen LogP contribution in [0, 0.1) is 0 Å². The van der Waals surface area contributed by atoms with Gasteiger partial charge in [0.25, 0.3) is 5.91 Å². The van der Waals surface area contributed by atoms with Crippen molar-refractivity contribution in [1.29, 1.82) is 0 Å². The molecule has 2 rings (SSSR count). The van der Waals surface area contributed by atoms with Crippen molar-refractivity contribution in [3.05, 3.63) is 17.7 Å². The van der Waals surface area contributed by atoms with Crippen molar-refractivity contribution in [3.63, 3.8) is 0 Å². The van der Waals surface area contributed by atoms with Gasteiger partial charge in [-0.1, -0.05) is 6.92 Å². The first-order valence-electron chi connectivity index (χ1n) is 6.90. The minimum atomic E-state index is -0.497. The Labute approximate surface area is 118 Å². The Balaban J connectivity index is 2.58. The van der Waals surface area contributed by atoms with Crippen LogP contribution < -0.4 is 14.4 Å². The third kappa shape index (κ3) is 2.35. The van der Waals surface area contributed by atoms with Gasteiger partial charge in [0.15, 0.2) is 17.6 Å². The lowest BCUT2D eigenvalue weighted by atomic mass is 10.1. The van der Waals surface area contributed by atoms with E-state index in [4.69, 9.17) is 9.47 Å². The summed E-state index contributed by atoms with van der Waals surface area (Å²) < 4.78 is 11.3. The molecule has 0 saturated carbocycles. The number of carbonyl (C=O) groups is 2. The first-order chi connectivity index (χ1) is 9.65. The van der Waals surface area contributed by atoms with Gasteiger partial charge in [0.1, 0.15) is 6.29 Å². The second-order valence-electron chi connectivity index (χ2n) is 4.52. The molecule has 1 aromatic carbocycles. The summed E-state index contributed by atoms with van der Waals surface area (Å²) in [4.78, 5) is 25.0. The van der Waals surface area contributed by atoms with Gasteiger partial charge in [0.05, 0.1) is 12.3 Å². The van der Waals surface area contributed by atoms with Crippen LogP contribution in [0.2, 0.25) is 0 Å². The molecule has 0 aromatic heterocycles. The quantitative estimate of drug-likeness (QED) is 0.776. The minimum Gasteiger partial charge on any atom is -0.490 e. The van der Waals surface area contributed by atoms with Gasteiger partial charge in [-0.25, -0.2) is 0 Å². The number of aldehydes is 1. The molecular formula is C15H19NO4. The van der Waals surface area contributed by atoms with E-state index in [1.807, 2.05) is 20.8 Å². The maximum atomic E-state index is 12.3. The molecule has 5 nitrogen and oxygen atoms in total. The third-order valence-electron chi connectivity index (χ3n) is 3.27. The molecule has 1 heterocycles. The first-order valence-corrected chi connectivity index (χ1v) is 6.90. The van der Waals surface area contributed by atoms with E-state index in [-0.39, 0.29) is 5.91 Å². The van der Waals surface area contributed by atoms with Crippen LogP contribution in [0.3, 0.4) is 0 Å². The number of hydrogen-bond acceptors (Lipinski definition) is 4. The molecule has 108 valence electrons. The fraction of sp³-hybridized carbons (Fsp3) is 0.467. The van der Waals surface area contributed by atoms with E-state index >= 15 is 0 Å². The van der Waals surface area contributed by atoms with Gasteiger partial charge in [0, 0.05) is 12.1 Å². The SMILES string of the molecule is CCOc1cc(C=O)cc2c1OC(CC)C(=O)N2CC. The highest BCUT2D eigenvalue weighted by atomic mass is 16.5. The zero-order valence-corrected chi connectivity index (χ0v) is 12.0. The lowest BCUT2D eigenvalue weighted by Gasteiger charge is -2.34. The topological polar surface area (TPSA) is 55.8 Å². The summed E-state index contributed by atoms with van der Waals surface area (Å²) in [5, 5.41) is 0. The van der Waals surface area contributed by atoms with Gasteiger partial charge in [0.2, 0.25) is 0 Å². The maximum Gasteiger partial charge on any atom is 0.268 e. The zero-order valence-electron chi connectivity index (χ0n) is 12.0. The number of anilines is 1. The van der Waals surface area contributed by atoms with E-state index in [0.717, 1.165) is 6.29 Å². The van der Waals surface area contributed by atoms with Crippen molar-refractivity contribution in [2.45, 2.75) is 33.3 Å². The summed E-state index contributed by atoms with van der Waals surface area (Å²) in [6, 6.07) is 3.31. The van der Waals surface area contributed by atoms with Crippen LogP contribution in [0.4, 0.5) is 5.69 Å². The minimum absolute atomic E-state index is 0.0759. The molecule has 1 aliphatic rings. The number of amides is 1. The molecule has 0 aliphatic carbocycles. The predicted octanol–water partition coefficient (Wildman–Crippen LogP) is 2.42. The highest BCUT2D eigenvalue weighted by molar-refractivity contribution is 6.01. The van der Waals surface area contributed by atoms with Crippen LogP contribution in [0.5, 0.6) is 11.5 Å². The summed E-state index contributed by atoms with van der Waals surface area (Å²) in [5.74, 6) is 0.982. The Morgan fingerprint density at radius 3 is 2.65 bits per heavy atom. The normalized spacial score (nSPS) is 17.4. The molecular weight excluding hydrogens is 258 g/mol. The van der Waals surface area contributed by atoms with Gasteiger partial charge >= 0.3 is 0 Å². The number of fused-ring (bicyclic) bond motifs is 1. The summed E-state index contributed by atoms with van der Waals surface area (Å²) in [6.45, 7) is 6.66. The standard InChI is InChI=1S/C15H19NO4/c1-4-12-15(18)16(5-2)11-7-10(9-17)8-13(19-6-3)14(11)20-12/h7-9,12H,4-6H2,1-3H3. The molecule has 1 aromatic rings. The molecule has 0 radical (unpaired) electrons. The van der Waals surface area contributed by atoms with E-state index in [1.165, 1.54) is 0 Å².